The second kappa shape index (κ2) is 5.83. The van der Waals surface area contributed by atoms with Gasteiger partial charge in [0, 0.05) is 12.6 Å². The molecule has 5 nitrogen and oxygen atoms in total. The number of rotatable bonds is 4. The minimum Gasteiger partial charge on any atom is -0.481 e. The molecule has 0 bridgehead atoms. The highest BCUT2D eigenvalue weighted by Crippen LogP contribution is 2.26. The normalized spacial score (nSPS) is 11.1. The van der Waals surface area contributed by atoms with E-state index in [9.17, 15) is 4.79 Å². The molecule has 0 aliphatic rings. The summed E-state index contributed by atoms with van der Waals surface area (Å²) in [5.41, 5.74) is 5.26. The summed E-state index contributed by atoms with van der Waals surface area (Å²) in [5.74, 6) is 0.680. The first-order valence-electron chi connectivity index (χ1n) is 7.59. The van der Waals surface area contributed by atoms with Crippen LogP contribution in [-0.2, 0) is 11.2 Å². The van der Waals surface area contributed by atoms with Gasteiger partial charge in [-0.2, -0.15) is 0 Å². The van der Waals surface area contributed by atoms with Crippen LogP contribution >= 0.6 is 0 Å². The van der Waals surface area contributed by atoms with Crippen LogP contribution in [0.3, 0.4) is 0 Å². The van der Waals surface area contributed by atoms with Crippen molar-refractivity contribution in [2.45, 2.75) is 33.6 Å². The Morgan fingerprint density at radius 1 is 1.22 bits per heavy atom. The van der Waals surface area contributed by atoms with Crippen LogP contribution in [0.25, 0.3) is 16.9 Å². The van der Waals surface area contributed by atoms with Gasteiger partial charge in [-0.15, -0.1) is 0 Å². The molecule has 0 amide bonds. The molecule has 0 saturated heterocycles. The number of carboxylic acid groups (broad SMARTS) is 1. The Balaban J connectivity index is 2.25. The maximum atomic E-state index is 11.0. The van der Waals surface area contributed by atoms with Gasteiger partial charge in [-0.05, 0) is 55.7 Å². The van der Waals surface area contributed by atoms with Gasteiger partial charge in [-0.3, -0.25) is 9.36 Å². The molecule has 0 fully saturated rings. The summed E-state index contributed by atoms with van der Waals surface area (Å²) in [7, 11) is 0. The van der Waals surface area contributed by atoms with E-state index in [1.165, 1.54) is 5.56 Å². The second-order valence-electron chi connectivity index (χ2n) is 5.82. The fourth-order valence-corrected chi connectivity index (χ4v) is 2.71. The molecule has 0 saturated carbocycles. The number of aliphatic carboxylic acids is 1. The van der Waals surface area contributed by atoms with E-state index in [1.54, 1.807) is 6.20 Å². The lowest BCUT2D eigenvalue weighted by Gasteiger charge is -2.09. The van der Waals surface area contributed by atoms with Gasteiger partial charge in [0.1, 0.15) is 11.6 Å². The third-order valence-electron chi connectivity index (χ3n) is 4.11. The van der Waals surface area contributed by atoms with Crippen molar-refractivity contribution < 1.29 is 9.90 Å². The fraction of sp³-hybridized carbons (Fsp3) is 0.278. The van der Waals surface area contributed by atoms with Crippen LogP contribution in [0.2, 0.25) is 0 Å². The first-order valence-corrected chi connectivity index (χ1v) is 7.59. The molecule has 2 aromatic heterocycles. The van der Waals surface area contributed by atoms with Crippen molar-refractivity contribution in [3.05, 3.63) is 53.0 Å². The van der Waals surface area contributed by atoms with Crippen molar-refractivity contribution in [2.24, 2.45) is 0 Å². The molecule has 2 heterocycles. The summed E-state index contributed by atoms with van der Waals surface area (Å²) < 4.78 is 1.97. The monoisotopic (exact) mass is 309 g/mol. The number of fused-ring (bicyclic) bond motifs is 1. The van der Waals surface area contributed by atoms with Crippen LogP contribution in [0.1, 0.15) is 28.9 Å². The van der Waals surface area contributed by atoms with Crippen molar-refractivity contribution in [3.8, 4) is 5.82 Å². The highest BCUT2D eigenvalue weighted by Gasteiger charge is 2.16. The molecule has 1 aromatic carbocycles. The van der Waals surface area contributed by atoms with Gasteiger partial charge in [-0.1, -0.05) is 6.07 Å². The van der Waals surface area contributed by atoms with Crippen molar-refractivity contribution in [1.82, 2.24) is 14.5 Å². The van der Waals surface area contributed by atoms with Crippen molar-refractivity contribution in [3.63, 3.8) is 0 Å². The SMILES string of the molecule is Cc1ccnc(-n2c(CCC(=O)O)nc3c(C)c(C)ccc32)c1. The molecule has 0 aliphatic heterocycles. The summed E-state index contributed by atoms with van der Waals surface area (Å²) in [6, 6.07) is 8.01. The van der Waals surface area contributed by atoms with Gasteiger partial charge < -0.3 is 5.11 Å². The molecule has 3 rings (SSSR count). The van der Waals surface area contributed by atoms with E-state index >= 15 is 0 Å². The van der Waals surface area contributed by atoms with Gasteiger partial charge in [0.2, 0.25) is 0 Å². The quantitative estimate of drug-likeness (QED) is 0.802. The van der Waals surface area contributed by atoms with Crippen molar-refractivity contribution in [2.75, 3.05) is 0 Å². The number of nitrogens with zero attached hydrogens (tertiary/aromatic N) is 3. The molecule has 0 spiro atoms. The first-order chi connectivity index (χ1) is 11.0. The molecule has 0 unspecified atom stereocenters. The Morgan fingerprint density at radius 2 is 2.00 bits per heavy atom. The highest BCUT2D eigenvalue weighted by atomic mass is 16.4. The Labute approximate surface area is 134 Å². The Hall–Kier alpha value is -2.69. The number of carbonyl (C=O) groups is 1. The van der Waals surface area contributed by atoms with Crippen LogP contribution in [0.5, 0.6) is 0 Å². The average molecular weight is 309 g/mol. The maximum Gasteiger partial charge on any atom is 0.303 e. The Bertz CT molecular complexity index is 897. The number of pyridine rings is 1. The number of aromatic nitrogens is 3. The number of carboxylic acids is 1. The van der Waals surface area contributed by atoms with Gasteiger partial charge in [0.15, 0.2) is 0 Å². The summed E-state index contributed by atoms with van der Waals surface area (Å²) in [6.45, 7) is 6.10. The number of aryl methyl sites for hydroxylation is 4. The van der Waals surface area contributed by atoms with Gasteiger partial charge in [0.25, 0.3) is 0 Å². The molecular weight excluding hydrogens is 290 g/mol. The van der Waals surface area contributed by atoms with Crippen LogP contribution in [0.15, 0.2) is 30.5 Å². The minimum absolute atomic E-state index is 0.0488. The van der Waals surface area contributed by atoms with E-state index in [4.69, 9.17) is 10.1 Å². The Morgan fingerprint density at radius 3 is 2.70 bits per heavy atom. The third kappa shape index (κ3) is 2.82. The maximum absolute atomic E-state index is 11.0. The van der Waals surface area contributed by atoms with Crippen LogP contribution < -0.4 is 0 Å². The number of benzene rings is 1. The fourth-order valence-electron chi connectivity index (χ4n) is 2.71. The van der Waals surface area contributed by atoms with Gasteiger partial charge in [-0.25, -0.2) is 9.97 Å². The predicted molar refractivity (Wildman–Crippen MR) is 89.0 cm³/mol. The molecule has 118 valence electrons. The minimum atomic E-state index is -0.825. The lowest BCUT2D eigenvalue weighted by Crippen LogP contribution is -2.06. The summed E-state index contributed by atoms with van der Waals surface area (Å²) >= 11 is 0. The van der Waals surface area contributed by atoms with Crippen LogP contribution in [0.4, 0.5) is 0 Å². The first kappa shape index (κ1) is 15.2. The Kier molecular flexibility index (Phi) is 3.86. The van der Waals surface area contributed by atoms with Crippen molar-refractivity contribution >= 4 is 17.0 Å². The van der Waals surface area contributed by atoms with Gasteiger partial charge in [0.05, 0.1) is 17.5 Å². The predicted octanol–water partition coefficient (Wildman–Crippen LogP) is 3.36. The third-order valence-corrected chi connectivity index (χ3v) is 4.11. The van der Waals surface area contributed by atoms with Gasteiger partial charge >= 0.3 is 5.97 Å². The summed E-state index contributed by atoms with van der Waals surface area (Å²) in [4.78, 5) is 20.1. The lowest BCUT2D eigenvalue weighted by molar-refractivity contribution is -0.137. The van der Waals surface area contributed by atoms with E-state index in [-0.39, 0.29) is 6.42 Å². The molecule has 0 aliphatic carbocycles. The average Bonchev–Trinajstić information content (AvgIpc) is 2.88. The molecule has 5 heteroatoms. The molecular formula is C18H19N3O2. The van der Waals surface area contributed by atoms with E-state index in [1.807, 2.05) is 36.6 Å². The highest BCUT2D eigenvalue weighted by molar-refractivity contribution is 5.82. The molecule has 3 aromatic rings. The standard InChI is InChI=1S/C18H19N3O2/c1-11-8-9-19-16(10-11)21-14-5-4-12(2)13(3)18(14)20-15(21)6-7-17(22)23/h4-5,8-10H,6-7H2,1-3H3,(H,22,23). The molecule has 23 heavy (non-hydrogen) atoms. The number of hydrogen-bond acceptors (Lipinski definition) is 3. The molecule has 0 atom stereocenters. The number of imidazole rings is 1. The van der Waals surface area contributed by atoms with Crippen LogP contribution in [-0.4, -0.2) is 25.6 Å². The topological polar surface area (TPSA) is 68.0 Å². The zero-order valence-corrected chi connectivity index (χ0v) is 13.5. The van der Waals surface area contributed by atoms with E-state index < -0.39 is 5.97 Å². The van der Waals surface area contributed by atoms with Crippen molar-refractivity contribution in [1.29, 1.82) is 0 Å². The largest absolute Gasteiger partial charge is 0.481 e. The molecule has 1 N–H and O–H groups in total. The second-order valence-corrected chi connectivity index (χ2v) is 5.82. The summed E-state index contributed by atoms with van der Waals surface area (Å²) in [5, 5.41) is 9.00. The lowest BCUT2D eigenvalue weighted by atomic mass is 10.1. The van der Waals surface area contributed by atoms with E-state index in [0.29, 0.717) is 6.42 Å². The summed E-state index contributed by atoms with van der Waals surface area (Å²) in [6.07, 6.45) is 2.18. The van der Waals surface area contributed by atoms with E-state index in [0.717, 1.165) is 33.8 Å². The zero-order valence-electron chi connectivity index (χ0n) is 13.5. The smallest absolute Gasteiger partial charge is 0.303 e. The number of hydrogen-bond donors (Lipinski definition) is 1. The zero-order chi connectivity index (χ0) is 16.6. The van der Waals surface area contributed by atoms with E-state index in [2.05, 4.69) is 18.0 Å². The van der Waals surface area contributed by atoms with Crippen LogP contribution in [0, 0.1) is 20.8 Å². The molecule has 0 radical (unpaired) electrons.